The lowest BCUT2D eigenvalue weighted by molar-refractivity contribution is -0.153. The Morgan fingerprint density at radius 1 is 1.30 bits per heavy atom. The molecule has 5 nitrogen and oxygen atoms in total. The van der Waals surface area contributed by atoms with Crippen LogP contribution >= 0.6 is 0 Å². The van der Waals surface area contributed by atoms with Gasteiger partial charge in [0.05, 0.1) is 17.9 Å². The molecule has 2 fully saturated rings. The van der Waals surface area contributed by atoms with Crippen molar-refractivity contribution in [3.8, 4) is 5.69 Å². The minimum absolute atomic E-state index is 0.0000661. The summed E-state index contributed by atoms with van der Waals surface area (Å²) in [6.07, 6.45) is 8.13. The number of carbonyl (C=O) groups excluding carboxylic acids is 1. The molecule has 27 heavy (non-hydrogen) atoms. The summed E-state index contributed by atoms with van der Waals surface area (Å²) in [5.41, 5.74) is 1.98. The number of nitrogens with zero attached hydrogens (tertiary/aromatic N) is 2. The van der Waals surface area contributed by atoms with Gasteiger partial charge in [0.1, 0.15) is 0 Å². The molecule has 1 saturated heterocycles. The summed E-state index contributed by atoms with van der Waals surface area (Å²) >= 11 is 0. The Bertz CT molecular complexity index is 786. The van der Waals surface area contributed by atoms with E-state index in [4.69, 9.17) is 4.74 Å². The van der Waals surface area contributed by atoms with Crippen molar-refractivity contribution in [2.45, 2.75) is 64.2 Å². The molecule has 1 aromatic carbocycles. The van der Waals surface area contributed by atoms with Gasteiger partial charge in [-0.2, -0.15) is 5.10 Å². The van der Waals surface area contributed by atoms with E-state index in [1.807, 2.05) is 16.9 Å². The van der Waals surface area contributed by atoms with Crippen molar-refractivity contribution < 1.29 is 9.53 Å². The highest BCUT2D eigenvalue weighted by Crippen LogP contribution is 2.47. The molecular weight excluding hydrogens is 338 g/mol. The van der Waals surface area contributed by atoms with E-state index in [-0.39, 0.29) is 23.7 Å². The van der Waals surface area contributed by atoms with Gasteiger partial charge < -0.3 is 10.1 Å². The molecule has 5 atom stereocenters. The van der Waals surface area contributed by atoms with E-state index in [1.165, 1.54) is 12.0 Å². The first-order valence-corrected chi connectivity index (χ1v) is 9.99. The molecule has 1 amide bonds. The van der Waals surface area contributed by atoms with Crippen molar-refractivity contribution in [3.05, 3.63) is 48.3 Å². The van der Waals surface area contributed by atoms with Gasteiger partial charge in [-0.25, -0.2) is 4.68 Å². The van der Waals surface area contributed by atoms with Crippen LogP contribution in [-0.4, -0.2) is 27.3 Å². The molecule has 2 heterocycles. The lowest BCUT2D eigenvalue weighted by Gasteiger charge is -2.52. The van der Waals surface area contributed by atoms with Gasteiger partial charge in [-0.15, -0.1) is 0 Å². The Balaban J connectivity index is 1.59. The molecule has 1 aliphatic heterocycles. The van der Waals surface area contributed by atoms with Gasteiger partial charge in [0, 0.05) is 37.2 Å². The van der Waals surface area contributed by atoms with Crippen molar-refractivity contribution in [1.29, 1.82) is 0 Å². The Morgan fingerprint density at radius 3 is 2.74 bits per heavy atom. The summed E-state index contributed by atoms with van der Waals surface area (Å²) in [4.78, 5) is 11.9. The zero-order valence-corrected chi connectivity index (χ0v) is 16.4. The lowest BCUT2D eigenvalue weighted by atomic mass is 9.66. The molecule has 0 bridgehead atoms. The number of benzene rings is 1. The van der Waals surface area contributed by atoms with Crippen LogP contribution < -0.4 is 5.32 Å². The van der Waals surface area contributed by atoms with Crippen LogP contribution in [0.2, 0.25) is 0 Å². The van der Waals surface area contributed by atoms with Crippen molar-refractivity contribution in [1.82, 2.24) is 15.1 Å². The summed E-state index contributed by atoms with van der Waals surface area (Å²) in [7, 11) is 0. The van der Waals surface area contributed by atoms with Crippen LogP contribution in [0.25, 0.3) is 5.69 Å². The second-order valence-electron chi connectivity index (χ2n) is 8.53. The average Bonchev–Trinajstić information content (AvgIpc) is 3.15. The summed E-state index contributed by atoms with van der Waals surface area (Å²) in [5.74, 6) is 1.11. The molecular formula is C22H29N3O2. The fourth-order valence-electron chi connectivity index (χ4n) is 5.01. The highest BCUT2D eigenvalue weighted by Gasteiger charge is 2.49. The lowest BCUT2D eigenvalue weighted by Crippen LogP contribution is -2.60. The zero-order chi connectivity index (χ0) is 19.0. The fourth-order valence-corrected chi connectivity index (χ4v) is 5.01. The number of fused-ring (bicyclic) bond motifs is 1. The number of carbonyl (C=O) groups is 1. The van der Waals surface area contributed by atoms with Crippen LogP contribution in [0.15, 0.2) is 42.7 Å². The van der Waals surface area contributed by atoms with E-state index in [9.17, 15) is 4.79 Å². The van der Waals surface area contributed by atoms with Crippen LogP contribution in [0.4, 0.5) is 0 Å². The summed E-state index contributed by atoms with van der Waals surface area (Å²) in [6, 6.07) is 10.3. The smallest absolute Gasteiger partial charge is 0.217 e. The maximum Gasteiger partial charge on any atom is 0.217 e. The first-order chi connectivity index (χ1) is 12.9. The molecule has 2 aliphatic rings. The van der Waals surface area contributed by atoms with Gasteiger partial charge >= 0.3 is 0 Å². The van der Waals surface area contributed by atoms with Crippen molar-refractivity contribution in [2.75, 3.05) is 0 Å². The van der Waals surface area contributed by atoms with Gasteiger partial charge in [0.25, 0.3) is 0 Å². The highest BCUT2D eigenvalue weighted by atomic mass is 16.5. The first kappa shape index (κ1) is 18.2. The Hall–Kier alpha value is -2.14. The van der Waals surface area contributed by atoms with E-state index in [0.717, 1.165) is 24.9 Å². The molecule has 2 aromatic rings. The number of nitrogens with one attached hydrogen (secondary N) is 1. The van der Waals surface area contributed by atoms with Gasteiger partial charge in [0.15, 0.2) is 0 Å². The molecule has 4 rings (SSSR count). The van der Waals surface area contributed by atoms with Crippen molar-refractivity contribution >= 4 is 5.91 Å². The van der Waals surface area contributed by atoms with Crippen LogP contribution in [-0.2, 0) is 9.53 Å². The summed E-state index contributed by atoms with van der Waals surface area (Å²) in [5, 5.41) is 7.56. The van der Waals surface area contributed by atoms with E-state index < -0.39 is 0 Å². The quantitative estimate of drug-likeness (QED) is 0.891. The number of rotatable bonds is 3. The van der Waals surface area contributed by atoms with Crippen LogP contribution in [0.3, 0.4) is 0 Å². The normalized spacial score (nSPS) is 33.3. The van der Waals surface area contributed by atoms with Crippen LogP contribution in [0.1, 0.15) is 58.1 Å². The summed E-state index contributed by atoms with van der Waals surface area (Å²) in [6.45, 7) is 6.13. The highest BCUT2D eigenvalue weighted by molar-refractivity contribution is 5.73. The minimum Gasteiger partial charge on any atom is -0.370 e. The zero-order valence-electron chi connectivity index (χ0n) is 16.4. The molecule has 1 aromatic heterocycles. The second kappa shape index (κ2) is 7.12. The number of aromatic nitrogens is 2. The van der Waals surface area contributed by atoms with Crippen molar-refractivity contribution in [2.24, 2.45) is 11.8 Å². The molecule has 1 N–H and O–H groups in total. The third kappa shape index (κ3) is 3.65. The number of amides is 1. The number of hydrogen-bond donors (Lipinski definition) is 1. The Morgan fingerprint density at radius 2 is 2.07 bits per heavy atom. The summed E-state index contributed by atoms with van der Waals surface area (Å²) < 4.78 is 8.43. The molecule has 0 radical (unpaired) electrons. The maximum absolute atomic E-state index is 11.9. The third-order valence-corrected chi connectivity index (χ3v) is 6.32. The Kier molecular flexibility index (Phi) is 4.81. The minimum atomic E-state index is -0.222. The average molecular weight is 367 g/mol. The van der Waals surface area contributed by atoms with E-state index >= 15 is 0 Å². The van der Waals surface area contributed by atoms with Gasteiger partial charge in [-0.05, 0) is 49.4 Å². The molecule has 0 spiro atoms. The van der Waals surface area contributed by atoms with E-state index in [2.05, 4.69) is 48.5 Å². The van der Waals surface area contributed by atoms with Crippen molar-refractivity contribution in [3.63, 3.8) is 0 Å². The van der Waals surface area contributed by atoms with E-state index in [1.54, 1.807) is 13.1 Å². The fraction of sp³-hybridized carbons (Fsp3) is 0.545. The predicted octanol–water partition coefficient (Wildman–Crippen LogP) is 4.03. The third-order valence-electron chi connectivity index (χ3n) is 6.32. The largest absolute Gasteiger partial charge is 0.370 e. The Labute approximate surface area is 161 Å². The molecule has 1 aliphatic carbocycles. The standard InChI is InChI=1S/C22H29N3O2/c1-15-5-10-19-20(13-15)27-21(14-22(19,3)24-16(2)26)17-6-8-18(9-7-17)25-12-4-11-23-25/h4,6-9,11-12,15,19-21H,5,10,13-14H2,1-3H3,(H,24,26)/t15-,19-,20-,21-,22-/m1/s1. The molecule has 5 heteroatoms. The number of hydrogen-bond acceptors (Lipinski definition) is 3. The topological polar surface area (TPSA) is 56.2 Å². The molecule has 144 valence electrons. The van der Waals surface area contributed by atoms with Gasteiger partial charge in [-0.1, -0.05) is 25.5 Å². The predicted molar refractivity (Wildman–Crippen MR) is 105 cm³/mol. The maximum atomic E-state index is 11.9. The van der Waals surface area contributed by atoms with E-state index in [0.29, 0.717) is 11.8 Å². The first-order valence-electron chi connectivity index (χ1n) is 9.99. The number of ether oxygens (including phenoxy) is 1. The molecule has 0 unspecified atom stereocenters. The second-order valence-corrected chi connectivity index (χ2v) is 8.53. The van der Waals surface area contributed by atoms with Crippen LogP contribution in [0.5, 0.6) is 0 Å². The van der Waals surface area contributed by atoms with Crippen LogP contribution in [0, 0.1) is 11.8 Å². The monoisotopic (exact) mass is 367 g/mol. The van der Waals surface area contributed by atoms with Gasteiger partial charge in [0.2, 0.25) is 5.91 Å². The SMILES string of the molecule is CC(=O)N[C@]1(C)C[C@H](c2ccc(-n3cccn3)cc2)O[C@@H]2C[C@H](C)CC[C@H]21. The van der Waals surface area contributed by atoms with Gasteiger partial charge in [-0.3, -0.25) is 4.79 Å². The molecule has 1 saturated carbocycles.